The Bertz CT molecular complexity index is 670. The van der Waals surface area contributed by atoms with Crippen LogP contribution in [0.3, 0.4) is 0 Å². The summed E-state index contributed by atoms with van der Waals surface area (Å²) in [6.07, 6.45) is 4.14. The summed E-state index contributed by atoms with van der Waals surface area (Å²) in [7, 11) is 0. The van der Waals surface area contributed by atoms with Crippen LogP contribution in [0, 0.1) is 0 Å². The van der Waals surface area contributed by atoms with Gasteiger partial charge in [-0.3, -0.25) is 5.32 Å². The zero-order valence-electron chi connectivity index (χ0n) is 13.7. The third kappa shape index (κ3) is 4.78. The molecule has 0 aliphatic rings. The van der Waals surface area contributed by atoms with Crippen LogP contribution in [-0.2, 0) is 11.2 Å². The zero-order chi connectivity index (χ0) is 17.4. The normalized spacial score (nSPS) is 15.1. The zero-order valence-corrected chi connectivity index (χ0v) is 13.7. The molecule has 2 aromatic carbocycles. The second-order valence-corrected chi connectivity index (χ2v) is 5.89. The molecule has 24 heavy (non-hydrogen) atoms. The fourth-order valence-corrected chi connectivity index (χ4v) is 2.51. The Hall–Kier alpha value is -2.43. The number of aliphatic carboxylic acids is 1. The maximum Gasteiger partial charge on any atom is 0.327 e. The molecule has 0 aliphatic heterocycles. The molecule has 0 amide bonds. The Morgan fingerprint density at radius 2 is 1.71 bits per heavy atom. The van der Waals surface area contributed by atoms with Gasteiger partial charge in [0.15, 0.2) is 0 Å². The summed E-state index contributed by atoms with van der Waals surface area (Å²) in [4.78, 5) is 11.8. The van der Waals surface area contributed by atoms with Gasteiger partial charge in [-0.05, 0) is 24.5 Å². The van der Waals surface area contributed by atoms with E-state index < -0.39 is 17.6 Å². The second-order valence-electron chi connectivity index (χ2n) is 5.89. The summed E-state index contributed by atoms with van der Waals surface area (Å²) in [5, 5.41) is 22.3. The van der Waals surface area contributed by atoms with Crippen LogP contribution in [0.2, 0.25) is 0 Å². The number of carboxylic acid groups (broad SMARTS) is 1. The molecule has 0 bridgehead atoms. The van der Waals surface area contributed by atoms with Crippen LogP contribution in [0.1, 0.15) is 24.1 Å². The predicted molar refractivity (Wildman–Crippen MR) is 94.7 cm³/mol. The Labute approximate surface area is 142 Å². The van der Waals surface area contributed by atoms with Crippen LogP contribution in [-0.4, -0.2) is 28.3 Å². The lowest BCUT2D eigenvalue weighted by atomic mass is 9.97. The molecule has 2 atom stereocenters. The maximum absolute atomic E-state index is 11.8. The quantitative estimate of drug-likeness (QED) is 0.653. The van der Waals surface area contributed by atoms with Gasteiger partial charge in [-0.2, -0.15) is 0 Å². The molecule has 4 nitrogen and oxygen atoms in total. The molecule has 0 heterocycles. The SMILES string of the molecule is C[C@@](/C=C/Cc1ccccc1)(N[C@@H](CO)c1ccccc1)C(=O)O. The fraction of sp³-hybridized carbons (Fsp3) is 0.250. The molecular formula is C20H23NO3. The summed E-state index contributed by atoms with van der Waals surface area (Å²) in [6, 6.07) is 18.7. The number of benzene rings is 2. The topological polar surface area (TPSA) is 69.6 Å². The number of hydrogen-bond donors (Lipinski definition) is 3. The number of nitrogens with one attached hydrogen (secondary N) is 1. The van der Waals surface area contributed by atoms with E-state index in [1.165, 1.54) is 0 Å². The van der Waals surface area contributed by atoms with Crippen molar-refractivity contribution in [3.63, 3.8) is 0 Å². The van der Waals surface area contributed by atoms with Crippen LogP contribution >= 0.6 is 0 Å². The summed E-state index contributed by atoms with van der Waals surface area (Å²) < 4.78 is 0. The standard InChI is InChI=1S/C20H23NO3/c1-20(19(23)24,14-8-11-16-9-4-2-5-10-16)21-18(15-22)17-12-6-3-7-13-17/h2-10,12-14,18,21-22H,11,15H2,1H3,(H,23,24)/b14-8+/t18-,20-/m0/s1. The number of carbonyl (C=O) groups is 1. The highest BCUT2D eigenvalue weighted by Crippen LogP contribution is 2.18. The van der Waals surface area contributed by atoms with Crippen LogP contribution in [0.5, 0.6) is 0 Å². The largest absolute Gasteiger partial charge is 0.480 e. The lowest BCUT2D eigenvalue weighted by Crippen LogP contribution is -2.50. The Kier molecular flexibility index (Phi) is 6.29. The third-order valence-electron chi connectivity index (χ3n) is 3.95. The van der Waals surface area contributed by atoms with Crippen molar-refractivity contribution in [2.75, 3.05) is 6.61 Å². The maximum atomic E-state index is 11.8. The number of rotatable bonds is 8. The number of allylic oxidation sites excluding steroid dienone is 1. The van der Waals surface area contributed by atoms with Gasteiger partial charge in [0.25, 0.3) is 0 Å². The molecule has 0 fully saturated rings. The molecule has 0 spiro atoms. The van der Waals surface area contributed by atoms with Gasteiger partial charge in [0.2, 0.25) is 0 Å². The lowest BCUT2D eigenvalue weighted by Gasteiger charge is -2.28. The van der Waals surface area contributed by atoms with Crippen molar-refractivity contribution in [3.8, 4) is 0 Å². The first kappa shape index (κ1) is 17.9. The molecule has 3 N–H and O–H groups in total. The number of aliphatic hydroxyl groups is 1. The minimum atomic E-state index is -1.27. The molecule has 0 saturated carbocycles. The predicted octanol–water partition coefficient (Wildman–Crippen LogP) is 2.95. The van der Waals surface area contributed by atoms with E-state index in [9.17, 15) is 15.0 Å². The molecule has 0 unspecified atom stereocenters. The summed E-state index contributed by atoms with van der Waals surface area (Å²) in [5.74, 6) is -0.985. The minimum Gasteiger partial charge on any atom is -0.480 e. The van der Waals surface area contributed by atoms with Gasteiger partial charge in [-0.1, -0.05) is 72.8 Å². The first-order chi connectivity index (χ1) is 11.5. The third-order valence-corrected chi connectivity index (χ3v) is 3.95. The minimum absolute atomic E-state index is 0.181. The first-order valence-electron chi connectivity index (χ1n) is 7.93. The van der Waals surface area contributed by atoms with Crippen molar-refractivity contribution in [1.29, 1.82) is 0 Å². The lowest BCUT2D eigenvalue weighted by molar-refractivity contribution is -0.142. The second kappa shape index (κ2) is 8.43. The van der Waals surface area contributed by atoms with Crippen molar-refractivity contribution in [1.82, 2.24) is 5.32 Å². The molecular weight excluding hydrogens is 302 g/mol. The van der Waals surface area contributed by atoms with Gasteiger partial charge in [0.05, 0.1) is 12.6 Å². The van der Waals surface area contributed by atoms with Crippen molar-refractivity contribution >= 4 is 5.97 Å². The van der Waals surface area contributed by atoms with E-state index >= 15 is 0 Å². The highest BCUT2D eigenvalue weighted by Gasteiger charge is 2.32. The Balaban J connectivity index is 2.12. The molecule has 0 radical (unpaired) electrons. The molecule has 126 valence electrons. The van der Waals surface area contributed by atoms with Gasteiger partial charge >= 0.3 is 5.97 Å². The smallest absolute Gasteiger partial charge is 0.327 e. The fourth-order valence-electron chi connectivity index (χ4n) is 2.51. The number of hydrogen-bond acceptors (Lipinski definition) is 3. The van der Waals surface area contributed by atoms with E-state index in [2.05, 4.69) is 5.32 Å². The molecule has 4 heteroatoms. The highest BCUT2D eigenvalue weighted by atomic mass is 16.4. The van der Waals surface area contributed by atoms with Crippen molar-refractivity contribution in [2.24, 2.45) is 0 Å². The molecule has 0 aliphatic carbocycles. The van der Waals surface area contributed by atoms with Gasteiger partial charge in [-0.25, -0.2) is 4.79 Å². The van der Waals surface area contributed by atoms with E-state index in [4.69, 9.17) is 0 Å². The molecule has 0 aromatic heterocycles. The van der Waals surface area contributed by atoms with E-state index in [1.54, 1.807) is 13.0 Å². The van der Waals surface area contributed by atoms with E-state index in [-0.39, 0.29) is 6.61 Å². The van der Waals surface area contributed by atoms with Gasteiger partial charge in [0, 0.05) is 0 Å². The summed E-state index contributed by atoms with van der Waals surface area (Å²) in [5.41, 5.74) is 0.699. The molecule has 0 saturated heterocycles. The first-order valence-corrected chi connectivity index (χ1v) is 7.93. The highest BCUT2D eigenvalue weighted by molar-refractivity contribution is 5.81. The van der Waals surface area contributed by atoms with E-state index in [1.807, 2.05) is 66.7 Å². The van der Waals surface area contributed by atoms with Gasteiger partial charge in [-0.15, -0.1) is 0 Å². The van der Waals surface area contributed by atoms with Gasteiger partial charge < -0.3 is 10.2 Å². The van der Waals surface area contributed by atoms with Crippen molar-refractivity contribution in [2.45, 2.75) is 24.9 Å². The van der Waals surface area contributed by atoms with Crippen LogP contribution < -0.4 is 5.32 Å². The van der Waals surface area contributed by atoms with Crippen molar-refractivity contribution in [3.05, 3.63) is 83.9 Å². The van der Waals surface area contributed by atoms with Crippen molar-refractivity contribution < 1.29 is 15.0 Å². The summed E-state index contributed by atoms with van der Waals surface area (Å²) in [6.45, 7) is 1.42. The average molecular weight is 325 g/mol. The molecule has 2 rings (SSSR count). The summed E-state index contributed by atoms with van der Waals surface area (Å²) >= 11 is 0. The Morgan fingerprint density at radius 3 is 2.25 bits per heavy atom. The van der Waals surface area contributed by atoms with Crippen LogP contribution in [0.15, 0.2) is 72.8 Å². The molecule has 2 aromatic rings. The van der Waals surface area contributed by atoms with E-state index in [0.29, 0.717) is 6.42 Å². The average Bonchev–Trinajstić information content (AvgIpc) is 2.61. The van der Waals surface area contributed by atoms with Crippen LogP contribution in [0.25, 0.3) is 0 Å². The number of aliphatic hydroxyl groups excluding tert-OH is 1. The number of carboxylic acids is 1. The van der Waals surface area contributed by atoms with Gasteiger partial charge in [0.1, 0.15) is 5.54 Å². The van der Waals surface area contributed by atoms with Crippen LogP contribution in [0.4, 0.5) is 0 Å². The Morgan fingerprint density at radius 1 is 1.12 bits per heavy atom. The van der Waals surface area contributed by atoms with E-state index in [0.717, 1.165) is 11.1 Å². The monoisotopic (exact) mass is 325 g/mol.